The zero-order valence-electron chi connectivity index (χ0n) is 11.6. The molecule has 4 nitrogen and oxygen atoms in total. The molecule has 0 aliphatic heterocycles. The molecule has 0 atom stereocenters. The highest BCUT2D eigenvalue weighted by Crippen LogP contribution is 2.22. The molecule has 0 aliphatic rings. The van der Waals surface area contributed by atoms with E-state index >= 15 is 0 Å². The van der Waals surface area contributed by atoms with Crippen molar-refractivity contribution in [3.8, 4) is 0 Å². The number of nitrogens with one attached hydrogen (secondary N) is 2. The van der Waals surface area contributed by atoms with Crippen LogP contribution in [-0.2, 0) is 0 Å². The molecule has 0 radical (unpaired) electrons. The van der Waals surface area contributed by atoms with Crippen molar-refractivity contribution in [2.24, 2.45) is 0 Å². The molecule has 0 spiro atoms. The Hall–Kier alpha value is -2.88. The van der Waals surface area contributed by atoms with Crippen LogP contribution < -0.4 is 10.6 Å². The highest BCUT2D eigenvalue weighted by Gasteiger charge is 2.08. The topological polar surface area (TPSA) is 54.0 Å². The van der Waals surface area contributed by atoms with Crippen LogP contribution >= 0.6 is 0 Å². The van der Waals surface area contributed by atoms with Crippen LogP contribution in [0.3, 0.4) is 0 Å². The molecular formula is C17H15N3O. The number of hydrogen-bond donors (Lipinski definition) is 2. The fourth-order valence-electron chi connectivity index (χ4n) is 2.20. The number of carbonyl (C=O) groups excluding carboxylic acids is 1. The van der Waals surface area contributed by atoms with Crippen LogP contribution in [0.5, 0.6) is 0 Å². The highest BCUT2D eigenvalue weighted by atomic mass is 16.1. The number of aromatic nitrogens is 1. The summed E-state index contributed by atoms with van der Waals surface area (Å²) < 4.78 is 0. The van der Waals surface area contributed by atoms with Gasteiger partial charge >= 0.3 is 0 Å². The number of amides is 1. The van der Waals surface area contributed by atoms with Crippen LogP contribution in [0.1, 0.15) is 10.4 Å². The van der Waals surface area contributed by atoms with Gasteiger partial charge in [0.1, 0.15) is 0 Å². The van der Waals surface area contributed by atoms with Gasteiger partial charge in [-0.05, 0) is 48.5 Å². The van der Waals surface area contributed by atoms with E-state index in [9.17, 15) is 4.79 Å². The lowest BCUT2D eigenvalue weighted by Crippen LogP contribution is -2.12. The first kappa shape index (κ1) is 13.1. The minimum absolute atomic E-state index is 0.131. The number of hydrogen-bond acceptors (Lipinski definition) is 3. The SMILES string of the molecule is CNc1ccc(C(=O)Nc2cccc3ncccc23)cc1. The molecule has 0 fully saturated rings. The Kier molecular flexibility index (Phi) is 3.51. The molecule has 21 heavy (non-hydrogen) atoms. The van der Waals surface area contributed by atoms with Crippen molar-refractivity contribution in [3.05, 3.63) is 66.4 Å². The molecule has 4 heteroatoms. The quantitative estimate of drug-likeness (QED) is 0.770. The molecule has 0 bridgehead atoms. The zero-order valence-corrected chi connectivity index (χ0v) is 11.6. The molecular weight excluding hydrogens is 262 g/mol. The Morgan fingerprint density at radius 2 is 1.81 bits per heavy atom. The van der Waals surface area contributed by atoms with Crippen molar-refractivity contribution in [2.45, 2.75) is 0 Å². The molecule has 3 rings (SSSR count). The lowest BCUT2D eigenvalue weighted by Gasteiger charge is -2.09. The number of fused-ring (bicyclic) bond motifs is 1. The molecule has 0 saturated carbocycles. The van der Waals surface area contributed by atoms with Gasteiger partial charge < -0.3 is 10.6 Å². The van der Waals surface area contributed by atoms with Crippen LogP contribution in [-0.4, -0.2) is 17.9 Å². The predicted molar refractivity (Wildman–Crippen MR) is 85.7 cm³/mol. The summed E-state index contributed by atoms with van der Waals surface area (Å²) in [5.74, 6) is -0.131. The fourth-order valence-corrected chi connectivity index (χ4v) is 2.20. The van der Waals surface area contributed by atoms with Gasteiger partial charge in [0.25, 0.3) is 5.91 Å². The van der Waals surface area contributed by atoms with Gasteiger partial charge in [-0.15, -0.1) is 0 Å². The lowest BCUT2D eigenvalue weighted by molar-refractivity contribution is 0.102. The van der Waals surface area contributed by atoms with Crippen LogP contribution in [0.25, 0.3) is 10.9 Å². The van der Waals surface area contributed by atoms with Crippen LogP contribution in [0.4, 0.5) is 11.4 Å². The van der Waals surface area contributed by atoms with Crippen LogP contribution in [0.2, 0.25) is 0 Å². The molecule has 0 unspecified atom stereocenters. The predicted octanol–water partition coefficient (Wildman–Crippen LogP) is 3.53. The summed E-state index contributed by atoms with van der Waals surface area (Å²) in [6, 6.07) is 16.8. The van der Waals surface area contributed by atoms with Crippen molar-refractivity contribution in [2.75, 3.05) is 17.7 Å². The Morgan fingerprint density at radius 3 is 2.57 bits per heavy atom. The lowest BCUT2D eigenvalue weighted by atomic mass is 10.1. The first-order valence-corrected chi connectivity index (χ1v) is 6.71. The minimum atomic E-state index is -0.131. The third kappa shape index (κ3) is 2.69. The van der Waals surface area contributed by atoms with Gasteiger partial charge in [-0.2, -0.15) is 0 Å². The van der Waals surface area contributed by atoms with E-state index in [1.54, 1.807) is 18.3 Å². The minimum Gasteiger partial charge on any atom is -0.388 e. The van der Waals surface area contributed by atoms with Crippen molar-refractivity contribution in [3.63, 3.8) is 0 Å². The van der Waals surface area contributed by atoms with Gasteiger partial charge in [-0.3, -0.25) is 9.78 Å². The van der Waals surface area contributed by atoms with Crippen molar-refractivity contribution in [1.82, 2.24) is 4.98 Å². The average Bonchev–Trinajstić information content (AvgIpc) is 2.55. The number of rotatable bonds is 3. The monoisotopic (exact) mass is 277 g/mol. The molecule has 1 amide bonds. The normalized spacial score (nSPS) is 10.3. The molecule has 0 aliphatic carbocycles. The van der Waals surface area contributed by atoms with E-state index in [4.69, 9.17) is 0 Å². The maximum absolute atomic E-state index is 12.3. The maximum Gasteiger partial charge on any atom is 0.255 e. The second-order valence-electron chi connectivity index (χ2n) is 4.66. The van der Waals surface area contributed by atoms with Gasteiger partial charge in [0.2, 0.25) is 0 Å². The first-order valence-electron chi connectivity index (χ1n) is 6.71. The third-order valence-electron chi connectivity index (χ3n) is 3.33. The van der Waals surface area contributed by atoms with Crippen LogP contribution in [0, 0.1) is 0 Å². The fraction of sp³-hybridized carbons (Fsp3) is 0.0588. The molecule has 0 saturated heterocycles. The number of anilines is 2. The van der Waals surface area contributed by atoms with E-state index in [2.05, 4.69) is 15.6 Å². The van der Waals surface area contributed by atoms with E-state index in [0.717, 1.165) is 22.3 Å². The Morgan fingerprint density at radius 1 is 1.00 bits per heavy atom. The molecule has 1 aromatic heterocycles. The van der Waals surface area contributed by atoms with Gasteiger partial charge in [-0.25, -0.2) is 0 Å². The second kappa shape index (κ2) is 5.63. The molecule has 1 heterocycles. The molecule has 3 aromatic rings. The zero-order chi connectivity index (χ0) is 14.7. The van der Waals surface area contributed by atoms with Gasteiger partial charge in [0, 0.05) is 29.9 Å². The molecule has 104 valence electrons. The van der Waals surface area contributed by atoms with E-state index < -0.39 is 0 Å². The van der Waals surface area contributed by atoms with Crippen molar-refractivity contribution >= 4 is 28.2 Å². The number of pyridine rings is 1. The number of nitrogens with zero attached hydrogens (tertiary/aromatic N) is 1. The van der Waals surface area contributed by atoms with Gasteiger partial charge in [0.05, 0.1) is 11.2 Å². The van der Waals surface area contributed by atoms with E-state index in [1.807, 2.05) is 49.5 Å². The summed E-state index contributed by atoms with van der Waals surface area (Å²) in [6.07, 6.45) is 1.74. The summed E-state index contributed by atoms with van der Waals surface area (Å²) in [4.78, 5) is 16.6. The van der Waals surface area contributed by atoms with E-state index in [0.29, 0.717) is 5.56 Å². The van der Waals surface area contributed by atoms with Gasteiger partial charge in [0.15, 0.2) is 0 Å². The summed E-state index contributed by atoms with van der Waals surface area (Å²) in [6.45, 7) is 0. The Balaban J connectivity index is 1.89. The summed E-state index contributed by atoms with van der Waals surface area (Å²) in [5.41, 5.74) is 3.22. The van der Waals surface area contributed by atoms with E-state index in [-0.39, 0.29) is 5.91 Å². The highest BCUT2D eigenvalue weighted by molar-refractivity contribution is 6.08. The third-order valence-corrected chi connectivity index (χ3v) is 3.33. The van der Waals surface area contributed by atoms with Crippen molar-refractivity contribution < 1.29 is 4.79 Å². The number of benzene rings is 2. The molecule has 2 aromatic carbocycles. The first-order chi connectivity index (χ1) is 10.3. The average molecular weight is 277 g/mol. The van der Waals surface area contributed by atoms with E-state index in [1.165, 1.54) is 0 Å². The standard InChI is InChI=1S/C17H15N3O/c1-18-13-9-7-12(8-10-13)17(21)20-16-6-2-5-15-14(16)4-3-11-19-15/h2-11,18H,1H3,(H,20,21). The van der Waals surface area contributed by atoms with Gasteiger partial charge in [-0.1, -0.05) is 6.07 Å². The Labute approximate surface area is 122 Å². The molecule has 2 N–H and O–H groups in total. The van der Waals surface area contributed by atoms with Crippen LogP contribution in [0.15, 0.2) is 60.8 Å². The smallest absolute Gasteiger partial charge is 0.255 e. The summed E-state index contributed by atoms with van der Waals surface area (Å²) in [7, 11) is 1.85. The second-order valence-corrected chi connectivity index (χ2v) is 4.66. The largest absolute Gasteiger partial charge is 0.388 e. The number of carbonyl (C=O) groups is 1. The summed E-state index contributed by atoms with van der Waals surface area (Å²) >= 11 is 0. The summed E-state index contributed by atoms with van der Waals surface area (Å²) in [5, 5.41) is 6.90. The maximum atomic E-state index is 12.3. The van der Waals surface area contributed by atoms with Crippen molar-refractivity contribution in [1.29, 1.82) is 0 Å². The Bertz CT molecular complexity index is 776.